The van der Waals surface area contributed by atoms with Crippen LogP contribution in [0.3, 0.4) is 0 Å². The lowest BCUT2D eigenvalue weighted by molar-refractivity contribution is -0.384. The van der Waals surface area contributed by atoms with E-state index in [2.05, 4.69) is 9.46 Å². The molecule has 0 aromatic heterocycles. The first kappa shape index (κ1) is 16.4. The van der Waals surface area contributed by atoms with E-state index in [1.165, 1.54) is 18.2 Å². The van der Waals surface area contributed by atoms with Crippen LogP contribution in [0, 0.1) is 10.1 Å². The molecule has 0 atom stereocenters. The Morgan fingerprint density at radius 3 is 2.39 bits per heavy atom. The fourth-order valence-corrected chi connectivity index (χ4v) is 2.89. The zero-order chi connectivity index (χ0) is 17.0. The summed E-state index contributed by atoms with van der Waals surface area (Å²) in [6.45, 7) is 0. The number of carbonyl (C=O) groups excluding carboxylic acids is 1. The van der Waals surface area contributed by atoms with Gasteiger partial charge in [-0.2, -0.15) is 0 Å². The molecule has 0 bridgehead atoms. The first-order valence-electron chi connectivity index (χ1n) is 6.29. The second kappa shape index (κ2) is 6.44. The van der Waals surface area contributed by atoms with Crippen molar-refractivity contribution < 1.29 is 22.9 Å². The van der Waals surface area contributed by atoms with Gasteiger partial charge in [-0.1, -0.05) is 18.2 Å². The number of esters is 1. The smallest absolute Gasteiger partial charge is 0.338 e. The average molecular weight is 336 g/mol. The molecule has 0 saturated carbocycles. The number of methoxy groups -OCH3 is 1. The summed E-state index contributed by atoms with van der Waals surface area (Å²) in [4.78, 5) is 21.7. The van der Waals surface area contributed by atoms with Crippen molar-refractivity contribution in [1.29, 1.82) is 0 Å². The molecule has 0 radical (unpaired) electrons. The highest BCUT2D eigenvalue weighted by molar-refractivity contribution is 7.92. The van der Waals surface area contributed by atoms with Crippen LogP contribution in [0.4, 0.5) is 11.4 Å². The van der Waals surface area contributed by atoms with Crippen molar-refractivity contribution in [2.75, 3.05) is 11.8 Å². The van der Waals surface area contributed by atoms with Crippen LogP contribution in [0.2, 0.25) is 0 Å². The molecule has 2 rings (SSSR count). The number of nitrogens with zero attached hydrogens (tertiary/aromatic N) is 1. The molecule has 9 heteroatoms. The van der Waals surface area contributed by atoms with Gasteiger partial charge in [-0.3, -0.25) is 14.8 Å². The van der Waals surface area contributed by atoms with Gasteiger partial charge in [0.05, 0.1) is 28.2 Å². The van der Waals surface area contributed by atoms with Gasteiger partial charge in [0.1, 0.15) is 0 Å². The Morgan fingerprint density at radius 2 is 1.83 bits per heavy atom. The topological polar surface area (TPSA) is 116 Å². The number of nitro benzene ring substituents is 1. The van der Waals surface area contributed by atoms with E-state index in [1.807, 2.05) is 0 Å². The summed E-state index contributed by atoms with van der Waals surface area (Å²) >= 11 is 0. The van der Waals surface area contributed by atoms with E-state index in [9.17, 15) is 23.3 Å². The molecule has 0 unspecified atom stereocenters. The van der Waals surface area contributed by atoms with Crippen molar-refractivity contribution in [2.24, 2.45) is 0 Å². The Kier molecular flexibility index (Phi) is 4.60. The highest BCUT2D eigenvalue weighted by atomic mass is 32.2. The van der Waals surface area contributed by atoms with Crippen LogP contribution in [0.1, 0.15) is 10.4 Å². The lowest BCUT2D eigenvalue weighted by atomic mass is 10.2. The molecule has 0 saturated heterocycles. The van der Waals surface area contributed by atoms with Gasteiger partial charge in [0.2, 0.25) is 0 Å². The zero-order valence-corrected chi connectivity index (χ0v) is 12.7. The number of nitrogens with one attached hydrogen (secondary N) is 1. The first-order valence-corrected chi connectivity index (χ1v) is 7.77. The van der Waals surface area contributed by atoms with E-state index in [1.54, 1.807) is 18.2 Å². The molecule has 0 aliphatic rings. The maximum Gasteiger partial charge on any atom is 0.338 e. The third-order valence-electron chi connectivity index (χ3n) is 2.86. The Balaban J connectivity index is 2.45. The van der Waals surface area contributed by atoms with Crippen LogP contribution in [0.25, 0.3) is 0 Å². The van der Waals surface area contributed by atoms with E-state index >= 15 is 0 Å². The molecule has 0 heterocycles. The standard InChI is InChI=1S/C14H12N2O6S/c1-22-14(17)10-7-11(9-12(8-10)16(18)19)15-23(20,21)13-5-3-2-4-6-13/h2-9,15H,1H3. The zero-order valence-electron chi connectivity index (χ0n) is 11.9. The van der Waals surface area contributed by atoms with Crippen molar-refractivity contribution in [3.05, 3.63) is 64.2 Å². The molecule has 0 spiro atoms. The maximum absolute atomic E-state index is 12.2. The summed E-state index contributed by atoms with van der Waals surface area (Å²) < 4.78 is 31.2. The van der Waals surface area contributed by atoms with Gasteiger partial charge < -0.3 is 4.74 Å². The number of nitro groups is 1. The number of hydrogen-bond acceptors (Lipinski definition) is 6. The number of benzene rings is 2. The van der Waals surface area contributed by atoms with Gasteiger partial charge in [0.15, 0.2) is 0 Å². The van der Waals surface area contributed by atoms with Crippen molar-refractivity contribution >= 4 is 27.4 Å². The molecule has 2 aromatic carbocycles. The molecular formula is C14H12N2O6S. The highest BCUT2D eigenvalue weighted by Crippen LogP contribution is 2.24. The monoisotopic (exact) mass is 336 g/mol. The van der Waals surface area contributed by atoms with Gasteiger partial charge in [-0.25, -0.2) is 13.2 Å². The first-order chi connectivity index (χ1) is 10.8. The maximum atomic E-state index is 12.2. The quantitative estimate of drug-likeness (QED) is 0.508. The molecule has 1 N–H and O–H groups in total. The lowest BCUT2D eigenvalue weighted by Crippen LogP contribution is -2.14. The summed E-state index contributed by atoms with van der Waals surface area (Å²) in [6, 6.07) is 10.7. The molecule has 0 fully saturated rings. The van der Waals surface area contributed by atoms with E-state index in [-0.39, 0.29) is 16.1 Å². The van der Waals surface area contributed by atoms with Crippen molar-refractivity contribution in [3.8, 4) is 0 Å². The molecule has 0 aliphatic carbocycles. The summed E-state index contributed by atoms with van der Waals surface area (Å²) in [5, 5.41) is 10.9. The number of non-ortho nitro benzene ring substituents is 1. The van der Waals surface area contributed by atoms with Crippen LogP contribution in [-0.4, -0.2) is 26.4 Å². The van der Waals surface area contributed by atoms with Gasteiger partial charge in [0.25, 0.3) is 15.7 Å². The molecule has 120 valence electrons. The van der Waals surface area contributed by atoms with Crippen LogP contribution >= 0.6 is 0 Å². The molecule has 0 amide bonds. The molecule has 0 aliphatic heterocycles. The number of hydrogen-bond donors (Lipinski definition) is 1. The third-order valence-corrected chi connectivity index (χ3v) is 4.25. The van der Waals surface area contributed by atoms with E-state index < -0.39 is 26.6 Å². The molecule has 23 heavy (non-hydrogen) atoms. The number of rotatable bonds is 5. The normalized spacial score (nSPS) is 10.8. The second-order valence-corrected chi connectivity index (χ2v) is 6.12. The Morgan fingerprint density at radius 1 is 1.17 bits per heavy atom. The van der Waals surface area contributed by atoms with Gasteiger partial charge in [-0.15, -0.1) is 0 Å². The fourth-order valence-electron chi connectivity index (χ4n) is 1.82. The largest absolute Gasteiger partial charge is 0.465 e. The second-order valence-electron chi connectivity index (χ2n) is 4.44. The summed E-state index contributed by atoms with van der Waals surface area (Å²) in [6.07, 6.45) is 0. The van der Waals surface area contributed by atoms with E-state index in [4.69, 9.17) is 0 Å². The summed E-state index contributed by atoms with van der Waals surface area (Å²) in [7, 11) is -2.81. The van der Waals surface area contributed by atoms with E-state index in [0.717, 1.165) is 19.2 Å². The summed E-state index contributed by atoms with van der Waals surface area (Å²) in [5.41, 5.74) is -0.672. The minimum Gasteiger partial charge on any atom is -0.465 e. The molecular weight excluding hydrogens is 324 g/mol. The Hall–Kier alpha value is -2.94. The van der Waals surface area contributed by atoms with Crippen molar-refractivity contribution in [2.45, 2.75) is 4.90 Å². The molecule has 8 nitrogen and oxygen atoms in total. The van der Waals surface area contributed by atoms with Crippen LogP contribution in [0.15, 0.2) is 53.4 Å². The fraction of sp³-hybridized carbons (Fsp3) is 0.0714. The van der Waals surface area contributed by atoms with Crippen LogP contribution in [0.5, 0.6) is 0 Å². The van der Waals surface area contributed by atoms with Crippen molar-refractivity contribution in [1.82, 2.24) is 0 Å². The Bertz CT molecular complexity index is 849. The molecule has 2 aromatic rings. The number of sulfonamides is 1. The SMILES string of the molecule is COC(=O)c1cc(NS(=O)(=O)c2ccccc2)cc([N+](=O)[O-])c1. The van der Waals surface area contributed by atoms with Crippen LogP contribution in [-0.2, 0) is 14.8 Å². The summed E-state index contributed by atoms with van der Waals surface area (Å²) in [5.74, 6) is -0.811. The average Bonchev–Trinajstić information content (AvgIpc) is 2.54. The predicted molar refractivity (Wildman–Crippen MR) is 81.7 cm³/mol. The number of anilines is 1. The number of carbonyl (C=O) groups is 1. The van der Waals surface area contributed by atoms with Crippen molar-refractivity contribution in [3.63, 3.8) is 0 Å². The van der Waals surface area contributed by atoms with Gasteiger partial charge in [0, 0.05) is 12.1 Å². The predicted octanol–water partition coefficient (Wildman–Crippen LogP) is 2.18. The van der Waals surface area contributed by atoms with Gasteiger partial charge >= 0.3 is 5.97 Å². The van der Waals surface area contributed by atoms with E-state index in [0.29, 0.717) is 0 Å². The minimum absolute atomic E-state index is 0.00822. The van der Waals surface area contributed by atoms with Gasteiger partial charge in [-0.05, 0) is 18.2 Å². The lowest BCUT2D eigenvalue weighted by Gasteiger charge is -2.09. The third kappa shape index (κ3) is 3.83. The van der Waals surface area contributed by atoms with Crippen LogP contribution < -0.4 is 4.72 Å². The highest BCUT2D eigenvalue weighted by Gasteiger charge is 2.19. The Labute approximate surface area is 131 Å². The number of ether oxygens (including phenoxy) is 1. The minimum atomic E-state index is -3.93.